The van der Waals surface area contributed by atoms with Crippen LogP contribution in [0.1, 0.15) is 0 Å². The molecule has 0 spiro atoms. The van der Waals surface area contributed by atoms with E-state index >= 15 is 0 Å². The van der Waals surface area contributed by atoms with Gasteiger partial charge in [0.15, 0.2) is 0 Å². The first-order valence-electron chi connectivity index (χ1n) is 11.0. The summed E-state index contributed by atoms with van der Waals surface area (Å²) in [5, 5.41) is 0. The molecule has 0 atom stereocenters. The smallest absolute Gasteiger partial charge is 0.0484 e. The van der Waals surface area contributed by atoms with Crippen LogP contribution in [-0.2, 0) is 0 Å². The summed E-state index contributed by atoms with van der Waals surface area (Å²) in [5.41, 5.74) is 3.38. The van der Waals surface area contributed by atoms with Crippen LogP contribution < -0.4 is 4.90 Å². The average molecular weight is 541 g/mol. The Morgan fingerprint density at radius 3 is 1.18 bits per heavy atom. The van der Waals surface area contributed by atoms with Crippen LogP contribution in [0.4, 0.5) is 17.1 Å². The summed E-state index contributed by atoms with van der Waals surface area (Å²) < 4.78 is 1.11. The van der Waals surface area contributed by atoms with Crippen LogP contribution in [0.2, 0.25) is 0 Å². The lowest BCUT2D eigenvalue weighted by Crippen LogP contribution is -2.10. The fraction of sp³-hybridized carbons (Fsp3) is 0. The molecule has 0 radical (unpaired) electrons. The molecule has 34 heavy (non-hydrogen) atoms. The van der Waals surface area contributed by atoms with Crippen molar-refractivity contribution in [3.8, 4) is 0 Å². The molecule has 0 N–H and O–H groups in total. The van der Waals surface area contributed by atoms with Gasteiger partial charge in [-0.05, 0) is 76.6 Å². The maximum atomic E-state index is 3.93. The molecule has 0 saturated heterocycles. The second-order valence-corrected chi connectivity index (χ2v) is 10.6. The van der Waals surface area contributed by atoms with E-state index in [9.17, 15) is 0 Å². The number of hydrogen-bond acceptors (Lipinski definition) is 3. The number of hydrogen-bond donors (Lipinski definition) is 0. The van der Waals surface area contributed by atoms with Gasteiger partial charge in [0.25, 0.3) is 0 Å². The Hall–Kier alpha value is -2.92. The van der Waals surface area contributed by atoms with E-state index in [1.54, 1.807) is 23.5 Å². The molecule has 0 saturated carbocycles. The Morgan fingerprint density at radius 1 is 0.441 bits per heavy atom. The van der Waals surface area contributed by atoms with Crippen molar-refractivity contribution < 1.29 is 0 Å². The lowest BCUT2D eigenvalue weighted by Gasteiger charge is -2.27. The standard InChI is InChI=1S/C30H22BrNS2/c31-30-28(33-26-17-9-3-10-18-26)21-25(22-29(30)34-27-19-11-4-12-20-27)32(23-13-5-1-6-14-23)24-15-7-2-8-16-24/h1-22H. The zero-order valence-corrected chi connectivity index (χ0v) is 21.6. The zero-order chi connectivity index (χ0) is 23.2. The number of rotatable bonds is 7. The van der Waals surface area contributed by atoms with Gasteiger partial charge in [-0.1, -0.05) is 96.3 Å². The van der Waals surface area contributed by atoms with E-state index in [2.05, 4.69) is 154 Å². The fourth-order valence-electron chi connectivity index (χ4n) is 3.67. The molecule has 5 rings (SSSR count). The first kappa shape index (κ1) is 22.9. The Bertz CT molecular complexity index is 1240. The molecule has 0 aliphatic heterocycles. The predicted octanol–water partition coefficient (Wildman–Crippen LogP) is 10.2. The number of benzene rings is 5. The van der Waals surface area contributed by atoms with Crippen LogP contribution in [0, 0.1) is 0 Å². The molecule has 5 aromatic rings. The molecule has 0 unspecified atom stereocenters. The van der Waals surface area contributed by atoms with Gasteiger partial charge in [0.05, 0.1) is 0 Å². The van der Waals surface area contributed by atoms with Crippen LogP contribution in [0.25, 0.3) is 0 Å². The molecule has 0 bridgehead atoms. The minimum absolute atomic E-state index is 1.11. The Balaban J connectivity index is 1.66. The molecule has 0 aromatic heterocycles. The summed E-state index contributed by atoms with van der Waals surface area (Å²) in [6, 6.07) is 46.7. The van der Waals surface area contributed by atoms with Crippen LogP contribution >= 0.6 is 39.5 Å². The highest BCUT2D eigenvalue weighted by atomic mass is 79.9. The van der Waals surface area contributed by atoms with E-state index in [4.69, 9.17) is 0 Å². The van der Waals surface area contributed by atoms with Gasteiger partial charge < -0.3 is 4.90 Å². The predicted molar refractivity (Wildman–Crippen MR) is 150 cm³/mol. The maximum Gasteiger partial charge on any atom is 0.0484 e. The minimum Gasteiger partial charge on any atom is -0.310 e. The van der Waals surface area contributed by atoms with E-state index < -0.39 is 0 Å². The Labute approximate surface area is 218 Å². The highest BCUT2D eigenvalue weighted by Crippen LogP contribution is 2.46. The lowest BCUT2D eigenvalue weighted by atomic mass is 10.2. The van der Waals surface area contributed by atoms with Crippen molar-refractivity contribution in [2.24, 2.45) is 0 Å². The third-order valence-corrected chi connectivity index (χ3v) is 8.70. The minimum atomic E-state index is 1.11. The van der Waals surface area contributed by atoms with Crippen molar-refractivity contribution in [3.05, 3.63) is 138 Å². The lowest BCUT2D eigenvalue weighted by molar-refractivity contribution is 1.20. The van der Waals surface area contributed by atoms with Gasteiger partial charge in [-0.25, -0.2) is 0 Å². The van der Waals surface area contributed by atoms with Gasteiger partial charge in [-0.15, -0.1) is 0 Å². The van der Waals surface area contributed by atoms with Crippen molar-refractivity contribution in [1.29, 1.82) is 0 Å². The highest BCUT2D eigenvalue weighted by molar-refractivity contribution is 9.10. The molecule has 166 valence electrons. The molecule has 0 heterocycles. The van der Waals surface area contributed by atoms with Crippen molar-refractivity contribution in [1.82, 2.24) is 0 Å². The topological polar surface area (TPSA) is 3.24 Å². The van der Waals surface area contributed by atoms with E-state index in [0.717, 1.165) is 21.5 Å². The van der Waals surface area contributed by atoms with Crippen molar-refractivity contribution in [2.45, 2.75) is 19.6 Å². The summed E-state index contributed by atoms with van der Waals surface area (Å²) in [5.74, 6) is 0. The van der Waals surface area contributed by atoms with Gasteiger partial charge in [0, 0.05) is 41.1 Å². The second-order valence-electron chi connectivity index (χ2n) is 7.59. The van der Waals surface area contributed by atoms with Crippen LogP contribution in [0.5, 0.6) is 0 Å². The average Bonchev–Trinajstić information content (AvgIpc) is 2.89. The number of para-hydroxylation sites is 2. The molecular weight excluding hydrogens is 518 g/mol. The second kappa shape index (κ2) is 11.0. The Morgan fingerprint density at radius 2 is 0.794 bits per heavy atom. The zero-order valence-electron chi connectivity index (χ0n) is 18.3. The first-order valence-corrected chi connectivity index (χ1v) is 13.4. The number of anilines is 3. The first-order chi connectivity index (χ1) is 16.8. The molecule has 1 nitrogen and oxygen atoms in total. The molecule has 0 aliphatic carbocycles. The molecule has 0 fully saturated rings. The quantitative estimate of drug-likeness (QED) is 0.202. The van der Waals surface area contributed by atoms with Gasteiger partial charge in [0.2, 0.25) is 0 Å². The molecule has 0 amide bonds. The summed E-state index contributed by atoms with van der Waals surface area (Å²) in [7, 11) is 0. The van der Waals surface area contributed by atoms with Gasteiger partial charge in [-0.2, -0.15) is 0 Å². The van der Waals surface area contributed by atoms with Crippen molar-refractivity contribution in [3.63, 3.8) is 0 Å². The summed E-state index contributed by atoms with van der Waals surface area (Å²) >= 11 is 7.48. The molecule has 4 heteroatoms. The SMILES string of the molecule is Brc1c(Sc2ccccc2)cc(N(c2ccccc2)c2ccccc2)cc1Sc1ccccc1. The summed E-state index contributed by atoms with van der Waals surface area (Å²) in [4.78, 5) is 7.10. The summed E-state index contributed by atoms with van der Waals surface area (Å²) in [6.45, 7) is 0. The van der Waals surface area contributed by atoms with E-state index in [-0.39, 0.29) is 0 Å². The molecule has 5 aromatic carbocycles. The van der Waals surface area contributed by atoms with Crippen LogP contribution in [0.3, 0.4) is 0 Å². The molecule has 0 aliphatic rings. The van der Waals surface area contributed by atoms with E-state index in [1.807, 2.05) is 0 Å². The largest absolute Gasteiger partial charge is 0.310 e. The molecular formula is C30H22BrNS2. The third-order valence-electron chi connectivity index (χ3n) is 5.22. The number of halogens is 1. The Kier molecular flexibility index (Phi) is 7.40. The van der Waals surface area contributed by atoms with Gasteiger partial charge in [-0.3, -0.25) is 0 Å². The monoisotopic (exact) mass is 539 g/mol. The fourth-order valence-corrected chi connectivity index (χ4v) is 6.30. The van der Waals surface area contributed by atoms with E-state index in [0.29, 0.717) is 0 Å². The van der Waals surface area contributed by atoms with Crippen molar-refractivity contribution >= 4 is 56.5 Å². The summed E-state index contributed by atoms with van der Waals surface area (Å²) in [6.07, 6.45) is 0. The third kappa shape index (κ3) is 5.41. The number of nitrogens with zero attached hydrogens (tertiary/aromatic N) is 1. The normalized spacial score (nSPS) is 10.7. The van der Waals surface area contributed by atoms with Gasteiger partial charge in [0.1, 0.15) is 0 Å². The van der Waals surface area contributed by atoms with Crippen LogP contribution in [0.15, 0.2) is 158 Å². The van der Waals surface area contributed by atoms with E-state index in [1.165, 1.54) is 19.6 Å². The van der Waals surface area contributed by atoms with Crippen LogP contribution in [-0.4, -0.2) is 0 Å². The van der Waals surface area contributed by atoms with Gasteiger partial charge >= 0.3 is 0 Å². The van der Waals surface area contributed by atoms with Crippen molar-refractivity contribution in [2.75, 3.05) is 4.90 Å². The highest BCUT2D eigenvalue weighted by Gasteiger charge is 2.18. The maximum absolute atomic E-state index is 3.93.